The lowest BCUT2D eigenvalue weighted by Crippen LogP contribution is -2.03. The fraction of sp³-hybridized carbons (Fsp3) is 0.0588. The van der Waals surface area contributed by atoms with Gasteiger partial charge in [-0.1, -0.05) is 35.3 Å². The van der Waals surface area contributed by atoms with Crippen molar-refractivity contribution in [1.82, 2.24) is 9.97 Å². The Morgan fingerprint density at radius 1 is 0.917 bits per heavy atom. The summed E-state index contributed by atoms with van der Waals surface area (Å²) in [5.41, 5.74) is 1.69. The summed E-state index contributed by atoms with van der Waals surface area (Å²) in [4.78, 5) is 8.65. The number of halogens is 3. The molecular weight excluding hydrogens is 350 g/mol. The standard InChI is InChI=1S/C17H13Cl2FN4/c1-10-8-16(22-15-5-3-2-4-13(15)20)24-17(21-10)23-14-7-6-11(18)9-12(14)19/h2-9H,1H3,(H2,21,22,23,24). The third-order valence-electron chi connectivity index (χ3n) is 3.17. The Hall–Kier alpha value is -2.37. The van der Waals surface area contributed by atoms with Crippen molar-refractivity contribution in [3.63, 3.8) is 0 Å². The molecule has 0 aliphatic carbocycles. The Morgan fingerprint density at radius 3 is 2.46 bits per heavy atom. The van der Waals surface area contributed by atoms with E-state index in [1.165, 1.54) is 6.07 Å². The molecule has 0 spiro atoms. The molecule has 2 N–H and O–H groups in total. The fourth-order valence-corrected chi connectivity index (χ4v) is 2.56. The zero-order chi connectivity index (χ0) is 17.1. The van der Waals surface area contributed by atoms with E-state index in [9.17, 15) is 4.39 Å². The normalized spacial score (nSPS) is 10.5. The topological polar surface area (TPSA) is 49.8 Å². The summed E-state index contributed by atoms with van der Waals surface area (Å²) in [6.45, 7) is 1.82. The van der Waals surface area contributed by atoms with Gasteiger partial charge in [0, 0.05) is 16.8 Å². The largest absolute Gasteiger partial charge is 0.338 e. The second-order valence-corrected chi connectivity index (χ2v) is 5.92. The van der Waals surface area contributed by atoms with Crippen molar-refractivity contribution in [3.8, 4) is 0 Å². The van der Waals surface area contributed by atoms with Gasteiger partial charge in [-0.3, -0.25) is 0 Å². The molecule has 0 unspecified atom stereocenters. The highest BCUT2D eigenvalue weighted by atomic mass is 35.5. The van der Waals surface area contributed by atoms with Gasteiger partial charge >= 0.3 is 0 Å². The van der Waals surface area contributed by atoms with Gasteiger partial charge in [-0.25, -0.2) is 9.37 Å². The quantitative estimate of drug-likeness (QED) is 0.623. The summed E-state index contributed by atoms with van der Waals surface area (Å²) >= 11 is 12.0. The van der Waals surface area contributed by atoms with Crippen molar-refractivity contribution in [2.24, 2.45) is 0 Å². The minimum atomic E-state index is -0.357. The first-order valence-corrected chi connectivity index (χ1v) is 7.86. The Bertz CT molecular complexity index is 886. The van der Waals surface area contributed by atoms with Crippen LogP contribution in [-0.2, 0) is 0 Å². The average Bonchev–Trinajstić information content (AvgIpc) is 2.52. The first kappa shape index (κ1) is 16.5. The fourth-order valence-electron chi connectivity index (χ4n) is 2.10. The van der Waals surface area contributed by atoms with E-state index >= 15 is 0 Å². The number of benzene rings is 2. The van der Waals surface area contributed by atoms with Gasteiger partial charge in [0.1, 0.15) is 11.6 Å². The summed E-state index contributed by atoms with van der Waals surface area (Å²) in [6.07, 6.45) is 0. The lowest BCUT2D eigenvalue weighted by atomic mass is 10.3. The predicted octanol–water partition coefficient (Wildman–Crippen LogP) is 5.72. The molecular formula is C17H13Cl2FN4. The highest BCUT2D eigenvalue weighted by Crippen LogP contribution is 2.28. The molecule has 4 nitrogen and oxygen atoms in total. The maximum Gasteiger partial charge on any atom is 0.229 e. The van der Waals surface area contributed by atoms with E-state index in [4.69, 9.17) is 23.2 Å². The molecule has 3 aromatic rings. The van der Waals surface area contributed by atoms with Gasteiger partial charge < -0.3 is 10.6 Å². The number of hydrogen-bond donors (Lipinski definition) is 2. The molecule has 0 atom stereocenters. The van der Waals surface area contributed by atoms with Gasteiger partial charge in [0.15, 0.2) is 0 Å². The van der Waals surface area contributed by atoms with Crippen LogP contribution in [0.15, 0.2) is 48.5 Å². The van der Waals surface area contributed by atoms with Crippen LogP contribution in [0, 0.1) is 12.7 Å². The second kappa shape index (κ2) is 7.03. The minimum absolute atomic E-state index is 0.339. The number of aryl methyl sites for hydroxylation is 1. The van der Waals surface area contributed by atoms with E-state index < -0.39 is 0 Å². The van der Waals surface area contributed by atoms with E-state index in [1.807, 2.05) is 6.92 Å². The first-order chi connectivity index (χ1) is 11.5. The third-order valence-corrected chi connectivity index (χ3v) is 3.72. The smallest absolute Gasteiger partial charge is 0.229 e. The SMILES string of the molecule is Cc1cc(Nc2ccccc2F)nc(Nc2ccc(Cl)cc2Cl)n1. The lowest BCUT2D eigenvalue weighted by molar-refractivity contribution is 0.632. The summed E-state index contributed by atoms with van der Waals surface area (Å²) in [6, 6.07) is 13.2. The highest BCUT2D eigenvalue weighted by Gasteiger charge is 2.08. The third kappa shape index (κ3) is 3.93. The Labute approximate surface area is 148 Å². The molecule has 0 bridgehead atoms. The minimum Gasteiger partial charge on any atom is -0.338 e. The van der Waals surface area contributed by atoms with Crippen LogP contribution in [0.2, 0.25) is 10.0 Å². The summed E-state index contributed by atoms with van der Waals surface area (Å²) in [5, 5.41) is 6.97. The van der Waals surface area contributed by atoms with Crippen LogP contribution < -0.4 is 10.6 Å². The number of nitrogens with one attached hydrogen (secondary N) is 2. The van der Waals surface area contributed by atoms with E-state index in [0.29, 0.717) is 33.2 Å². The summed E-state index contributed by atoms with van der Waals surface area (Å²) < 4.78 is 13.8. The zero-order valence-corrected chi connectivity index (χ0v) is 14.2. The van der Waals surface area contributed by atoms with Crippen molar-refractivity contribution in [1.29, 1.82) is 0 Å². The van der Waals surface area contributed by atoms with Crippen LogP contribution in [0.3, 0.4) is 0 Å². The monoisotopic (exact) mass is 362 g/mol. The molecule has 0 aliphatic heterocycles. The molecule has 0 aliphatic rings. The van der Waals surface area contributed by atoms with E-state index in [-0.39, 0.29) is 5.82 Å². The maximum atomic E-state index is 13.8. The Balaban J connectivity index is 1.87. The number of aromatic nitrogens is 2. The van der Waals surface area contributed by atoms with Gasteiger partial charge in [-0.15, -0.1) is 0 Å². The molecule has 122 valence electrons. The first-order valence-electron chi connectivity index (χ1n) is 7.10. The van der Waals surface area contributed by atoms with Gasteiger partial charge in [0.05, 0.1) is 16.4 Å². The lowest BCUT2D eigenvalue weighted by Gasteiger charge is -2.11. The van der Waals surface area contributed by atoms with Crippen LogP contribution in [0.1, 0.15) is 5.69 Å². The Kier molecular flexibility index (Phi) is 4.83. The molecule has 0 amide bonds. The number of anilines is 4. The zero-order valence-electron chi connectivity index (χ0n) is 12.6. The molecule has 3 rings (SSSR count). The van der Waals surface area contributed by atoms with Gasteiger partial charge in [-0.2, -0.15) is 4.98 Å². The van der Waals surface area contributed by atoms with Crippen LogP contribution >= 0.6 is 23.2 Å². The Morgan fingerprint density at radius 2 is 1.71 bits per heavy atom. The van der Waals surface area contributed by atoms with Gasteiger partial charge in [-0.05, 0) is 37.3 Å². The van der Waals surface area contributed by atoms with Crippen LogP contribution in [0.5, 0.6) is 0 Å². The van der Waals surface area contributed by atoms with Crippen molar-refractivity contribution >= 4 is 46.3 Å². The molecule has 0 saturated carbocycles. The van der Waals surface area contributed by atoms with Gasteiger partial charge in [0.2, 0.25) is 5.95 Å². The molecule has 0 radical (unpaired) electrons. The van der Waals surface area contributed by atoms with Crippen molar-refractivity contribution in [2.45, 2.75) is 6.92 Å². The summed E-state index contributed by atoms with van der Waals surface area (Å²) in [5.74, 6) is 0.460. The molecule has 1 heterocycles. The van der Waals surface area contributed by atoms with Gasteiger partial charge in [0.25, 0.3) is 0 Å². The van der Waals surface area contributed by atoms with Crippen LogP contribution in [-0.4, -0.2) is 9.97 Å². The molecule has 7 heteroatoms. The summed E-state index contributed by atoms with van der Waals surface area (Å²) in [7, 11) is 0. The van der Waals surface area contributed by atoms with Crippen molar-refractivity contribution in [2.75, 3.05) is 10.6 Å². The van der Waals surface area contributed by atoms with Crippen LogP contribution in [0.4, 0.5) is 27.5 Å². The number of rotatable bonds is 4. The molecule has 1 aromatic heterocycles. The number of nitrogens with zero attached hydrogens (tertiary/aromatic N) is 2. The maximum absolute atomic E-state index is 13.8. The second-order valence-electron chi connectivity index (χ2n) is 5.07. The predicted molar refractivity (Wildman–Crippen MR) is 96.2 cm³/mol. The van der Waals surface area contributed by atoms with E-state index in [2.05, 4.69) is 20.6 Å². The molecule has 0 fully saturated rings. The molecule has 0 saturated heterocycles. The highest BCUT2D eigenvalue weighted by molar-refractivity contribution is 6.36. The average molecular weight is 363 g/mol. The molecule has 2 aromatic carbocycles. The van der Waals surface area contributed by atoms with E-state index in [1.54, 1.807) is 42.5 Å². The van der Waals surface area contributed by atoms with Crippen LogP contribution in [0.25, 0.3) is 0 Å². The van der Waals surface area contributed by atoms with Crippen molar-refractivity contribution < 1.29 is 4.39 Å². The van der Waals surface area contributed by atoms with Crippen molar-refractivity contribution in [3.05, 3.63) is 70.1 Å². The number of hydrogen-bond acceptors (Lipinski definition) is 4. The molecule has 24 heavy (non-hydrogen) atoms. The van der Waals surface area contributed by atoms with E-state index in [0.717, 1.165) is 5.69 Å². The number of para-hydroxylation sites is 1.